The van der Waals surface area contributed by atoms with Gasteiger partial charge in [0.05, 0.1) is 0 Å². The van der Waals surface area contributed by atoms with Crippen LogP contribution in [0, 0.1) is 12.3 Å². The highest BCUT2D eigenvalue weighted by molar-refractivity contribution is 9.10. The first-order chi connectivity index (χ1) is 9.47. The normalized spacial score (nSPS) is 7.50. The maximum absolute atomic E-state index is 7.86. The van der Waals surface area contributed by atoms with E-state index in [1.807, 2.05) is 35.8 Å². The summed E-state index contributed by atoms with van der Waals surface area (Å²) in [6.45, 7) is 0.156. The molecular weight excluding hydrogens is 364 g/mol. The third-order valence-electron chi connectivity index (χ3n) is 1.26. The maximum Gasteiger partial charge on any atom is 0.272 e. The zero-order valence-electron chi connectivity index (χ0n) is 10.4. The Morgan fingerprint density at radius 1 is 1.30 bits per heavy atom. The molecule has 0 unspecified atom stereocenters. The van der Waals surface area contributed by atoms with Gasteiger partial charge in [0.1, 0.15) is 0 Å². The molecule has 0 aliphatic carbocycles. The van der Waals surface area contributed by atoms with Crippen molar-refractivity contribution < 1.29 is 9.84 Å². The average Bonchev–Trinajstić information content (AvgIpc) is 2.46. The van der Waals surface area contributed by atoms with E-state index >= 15 is 0 Å². The van der Waals surface area contributed by atoms with Crippen LogP contribution in [-0.2, 0) is 4.74 Å². The lowest BCUT2D eigenvalue weighted by molar-refractivity contribution is 0.350. The van der Waals surface area contributed by atoms with Gasteiger partial charge in [0.15, 0.2) is 6.61 Å². The van der Waals surface area contributed by atoms with Crippen LogP contribution in [0.1, 0.15) is 0 Å². The minimum absolute atomic E-state index is 0.114. The fourth-order valence-electron chi connectivity index (χ4n) is 0.564. The van der Waals surface area contributed by atoms with Crippen molar-refractivity contribution in [3.63, 3.8) is 0 Å². The molecule has 1 rings (SSSR count). The molecular formula is C11H15BrN4O2S2. The molecule has 1 aromatic carbocycles. The van der Waals surface area contributed by atoms with Crippen molar-refractivity contribution in [2.75, 3.05) is 6.61 Å². The standard InChI is InChI=1S/C6H5Br.C4H6N2OS.CH4N2OS/c7-6-4-2-1-3-5-6;1-2-3-7-4(8)6-5;2-3-1(4)5/h1-5H;1H,3,5H2,(H,6,8);2H2,(H2,3,4,5). The summed E-state index contributed by atoms with van der Waals surface area (Å²) in [5.41, 5.74) is 3.93. The van der Waals surface area contributed by atoms with E-state index in [1.54, 1.807) is 0 Å². The van der Waals surface area contributed by atoms with Crippen molar-refractivity contribution in [2.24, 2.45) is 11.7 Å². The Balaban J connectivity index is 0. The van der Waals surface area contributed by atoms with Gasteiger partial charge in [0, 0.05) is 4.47 Å². The summed E-state index contributed by atoms with van der Waals surface area (Å²) in [6, 6.07) is 9.97. The van der Waals surface area contributed by atoms with Crippen molar-refractivity contribution in [1.29, 1.82) is 0 Å². The first-order valence-electron chi connectivity index (χ1n) is 4.94. The topological polar surface area (TPSA) is 106 Å². The number of terminal acetylenes is 1. The summed E-state index contributed by atoms with van der Waals surface area (Å²) < 4.78 is 5.73. The number of thiocarbonyl (C=S) groups is 2. The minimum atomic E-state index is -0.384. The van der Waals surface area contributed by atoms with Gasteiger partial charge in [0.25, 0.3) is 10.3 Å². The van der Waals surface area contributed by atoms with Crippen molar-refractivity contribution in [1.82, 2.24) is 10.9 Å². The molecule has 20 heavy (non-hydrogen) atoms. The molecule has 0 amide bonds. The number of hydrogen-bond donors (Lipinski definition) is 5. The highest BCUT2D eigenvalue weighted by Gasteiger charge is 1.85. The third kappa shape index (κ3) is 18.9. The number of hydrazine groups is 2. The van der Waals surface area contributed by atoms with Gasteiger partial charge in [0.2, 0.25) is 0 Å². The Kier molecular flexibility index (Phi) is 16.3. The van der Waals surface area contributed by atoms with Gasteiger partial charge in [-0.3, -0.25) is 10.9 Å². The summed E-state index contributed by atoms with van der Waals surface area (Å²) in [4.78, 5) is 0. The lowest BCUT2D eigenvalue weighted by Gasteiger charge is -1.99. The van der Waals surface area contributed by atoms with Crippen molar-refractivity contribution in [3.8, 4) is 12.3 Å². The van der Waals surface area contributed by atoms with Crippen LogP contribution < -0.4 is 22.5 Å². The lowest BCUT2D eigenvalue weighted by Crippen LogP contribution is -2.30. The van der Waals surface area contributed by atoms with Crippen LogP contribution in [-0.4, -0.2) is 22.1 Å². The van der Waals surface area contributed by atoms with Crippen LogP contribution in [0.25, 0.3) is 0 Å². The largest absolute Gasteiger partial charge is 0.486 e. The number of rotatable bonds is 1. The molecule has 0 saturated heterocycles. The molecule has 0 bridgehead atoms. The van der Waals surface area contributed by atoms with E-state index < -0.39 is 0 Å². The first kappa shape index (κ1) is 20.9. The molecule has 0 aliphatic rings. The van der Waals surface area contributed by atoms with Gasteiger partial charge < -0.3 is 9.84 Å². The molecule has 0 aliphatic heterocycles. The number of nitrogens with one attached hydrogen (secondary N) is 2. The quantitative estimate of drug-likeness (QED) is 0.214. The zero-order valence-corrected chi connectivity index (χ0v) is 13.6. The summed E-state index contributed by atoms with van der Waals surface area (Å²) >= 11 is 11.8. The van der Waals surface area contributed by atoms with Gasteiger partial charge >= 0.3 is 0 Å². The zero-order chi connectivity index (χ0) is 15.8. The van der Waals surface area contributed by atoms with Crippen LogP contribution in [0.5, 0.6) is 0 Å². The number of hydrogen-bond acceptors (Lipinski definition) is 5. The predicted octanol–water partition coefficient (Wildman–Crippen LogP) is 1.13. The van der Waals surface area contributed by atoms with Gasteiger partial charge in [-0.05, 0) is 36.6 Å². The molecule has 0 radical (unpaired) electrons. The van der Waals surface area contributed by atoms with Crippen molar-refractivity contribution >= 4 is 50.7 Å². The van der Waals surface area contributed by atoms with Gasteiger partial charge in [-0.25, -0.2) is 11.7 Å². The Morgan fingerprint density at radius 2 is 1.80 bits per heavy atom. The predicted molar refractivity (Wildman–Crippen MR) is 91.4 cm³/mol. The maximum atomic E-state index is 7.86. The smallest absolute Gasteiger partial charge is 0.272 e. The van der Waals surface area contributed by atoms with Crippen LogP contribution in [0.15, 0.2) is 34.8 Å². The van der Waals surface area contributed by atoms with E-state index in [0.29, 0.717) is 0 Å². The Labute approximate surface area is 136 Å². The molecule has 0 heterocycles. The van der Waals surface area contributed by atoms with E-state index in [-0.39, 0.29) is 17.0 Å². The van der Waals surface area contributed by atoms with Crippen LogP contribution in [0.4, 0.5) is 0 Å². The summed E-state index contributed by atoms with van der Waals surface area (Å²) in [6.07, 6.45) is 4.83. The van der Waals surface area contributed by atoms with E-state index in [9.17, 15) is 0 Å². The molecule has 0 spiro atoms. The second-order valence-corrected chi connectivity index (χ2v) is 4.34. The van der Waals surface area contributed by atoms with Gasteiger partial charge in [-0.1, -0.05) is 40.0 Å². The average molecular weight is 379 g/mol. The van der Waals surface area contributed by atoms with E-state index in [1.165, 1.54) is 0 Å². The fraction of sp³-hybridized carbons (Fsp3) is 0.0909. The van der Waals surface area contributed by atoms with Gasteiger partial charge in [-0.2, -0.15) is 0 Å². The number of aliphatic hydroxyl groups is 1. The summed E-state index contributed by atoms with van der Waals surface area (Å²) in [5, 5.41) is 7.59. The van der Waals surface area contributed by atoms with Crippen LogP contribution in [0.2, 0.25) is 0 Å². The highest BCUT2D eigenvalue weighted by atomic mass is 79.9. The van der Waals surface area contributed by atoms with Crippen LogP contribution >= 0.6 is 40.4 Å². The number of ether oxygens (including phenoxy) is 1. The Morgan fingerprint density at radius 3 is 2.05 bits per heavy atom. The van der Waals surface area contributed by atoms with E-state index in [2.05, 4.69) is 62.3 Å². The first-order valence-corrected chi connectivity index (χ1v) is 6.55. The monoisotopic (exact) mass is 378 g/mol. The molecule has 1 aromatic rings. The molecule has 0 fully saturated rings. The molecule has 6 nitrogen and oxygen atoms in total. The number of nitrogens with two attached hydrogens (primary N) is 2. The molecule has 0 atom stereocenters. The fourth-order valence-corrected chi connectivity index (χ4v) is 0.928. The highest BCUT2D eigenvalue weighted by Crippen LogP contribution is 2.05. The Bertz CT molecular complexity index is 426. The van der Waals surface area contributed by atoms with Crippen LogP contribution in [0.3, 0.4) is 0 Å². The number of benzene rings is 1. The van der Waals surface area contributed by atoms with E-state index in [0.717, 1.165) is 4.47 Å². The van der Waals surface area contributed by atoms with Crippen molar-refractivity contribution in [3.05, 3.63) is 34.8 Å². The molecule has 9 heteroatoms. The molecule has 110 valence electrons. The van der Waals surface area contributed by atoms with E-state index in [4.69, 9.17) is 17.4 Å². The summed E-state index contributed by atoms with van der Waals surface area (Å²) in [7, 11) is 0. The number of halogens is 1. The minimum Gasteiger partial charge on any atom is -0.486 e. The lowest BCUT2D eigenvalue weighted by atomic mass is 10.4. The second kappa shape index (κ2) is 15.6. The summed E-state index contributed by atoms with van der Waals surface area (Å²) in [5.74, 6) is 11.6. The SMILES string of the molecule is Brc1ccccc1.C#CCOC(=S)NN.NNC(O)=S. The van der Waals surface area contributed by atoms with Gasteiger partial charge in [-0.15, -0.1) is 6.42 Å². The Hall–Kier alpha value is -1.44. The second-order valence-electron chi connectivity index (χ2n) is 2.67. The molecule has 7 N–H and O–H groups in total. The number of aliphatic hydroxyl groups excluding tert-OH is 1. The third-order valence-corrected chi connectivity index (χ3v) is 2.14. The molecule has 0 saturated carbocycles. The molecule has 0 aromatic heterocycles. The van der Waals surface area contributed by atoms with Crippen molar-refractivity contribution in [2.45, 2.75) is 0 Å².